The van der Waals surface area contributed by atoms with Crippen LogP contribution in [0.4, 0.5) is 0 Å². The van der Waals surface area contributed by atoms with Gasteiger partial charge in [0.1, 0.15) is 19.3 Å². The second-order valence-corrected chi connectivity index (χ2v) is 11.6. The zero-order valence-electron chi connectivity index (χ0n) is 22.8. The molecule has 0 rings (SSSR count). The highest BCUT2D eigenvalue weighted by Gasteiger charge is 2.19. The highest BCUT2D eigenvalue weighted by atomic mass is 31.2. The number of nitrogens with zero attached hydrogens (tertiary/aromatic N) is 1. The summed E-state index contributed by atoms with van der Waals surface area (Å²) in [5, 5.41) is 9.36. The third-order valence-corrected chi connectivity index (χ3v) is 6.54. The third-order valence-electron chi connectivity index (χ3n) is 5.57. The van der Waals surface area contributed by atoms with E-state index in [1.54, 1.807) is 0 Å². The normalized spacial score (nSPS) is 14.8. The topological polar surface area (TPSA) is 105 Å². The quantitative estimate of drug-likeness (QED) is 0.0617. The van der Waals surface area contributed by atoms with Crippen LogP contribution >= 0.6 is 7.82 Å². The Morgan fingerprint density at radius 3 is 2.00 bits per heavy atom. The predicted molar refractivity (Wildman–Crippen MR) is 139 cm³/mol. The number of likely N-dealkylation sites (N-methyl/N-ethyl adjacent to an activating group) is 1. The lowest BCUT2D eigenvalue weighted by Crippen LogP contribution is -2.37. The third kappa shape index (κ3) is 24.7. The van der Waals surface area contributed by atoms with Crippen LogP contribution < -0.4 is 4.89 Å². The predicted octanol–water partition coefficient (Wildman–Crippen LogP) is 5.14. The summed E-state index contributed by atoms with van der Waals surface area (Å²) >= 11 is 0. The van der Waals surface area contributed by atoms with Gasteiger partial charge in [0.25, 0.3) is 7.82 Å². The minimum Gasteiger partial charge on any atom is -0.756 e. The molecule has 0 aromatic heterocycles. The second-order valence-electron chi connectivity index (χ2n) is 10.2. The summed E-state index contributed by atoms with van der Waals surface area (Å²) < 4.78 is 27.0. The van der Waals surface area contributed by atoms with E-state index in [-0.39, 0.29) is 13.0 Å². The van der Waals surface area contributed by atoms with Crippen molar-refractivity contribution < 1.29 is 37.6 Å². The van der Waals surface area contributed by atoms with Crippen molar-refractivity contribution in [2.75, 3.05) is 47.5 Å². The molecule has 0 heterocycles. The zero-order chi connectivity index (χ0) is 26.4. The molecule has 1 N–H and O–H groups in total. The molecule has 0 aromatic rings. The van der Waals surface area contributed by atoms with Crippen LogP contribution in [0.1, 0.15) is 96.8 Å². The first-order valence-electron chi connectivity index (χ1n) is 13.5. The maximum atomic E-state index is 12.0. The summed E-state index contributed by atoms with van der Waals surface area (Å²) in [5.74, 6) is -0.461. The first-order chi connectivity index (χ1) is 16.6. The highest BCUT2D eigenvalue weighted by molar-refractivity contribution is 7.45. The maximum Gasteiger partial charge on any atom is 0.306 e. The molecule has 0 aliphatic carbocycles. The minimum atomic E-state index is -4.51. The van der Waals surface area contributed by atoms with Gasteiger partial charge in [-0.1, -0.05) is 70.4 Å². The zero-order valence-corrected chi connectivity index (χ0v) is 23.6. The van der Waals surface area contributed by atoms with Gasteiger partial charge < -0.3 is 28.3 Å². The molecule has 2 atom stereocenters. The van der Waals surface area contributed by atoms with Gasteiger partial charge in [0.05, 0.1) is 34.4 Å². The number of ether oxygens (including phenoxy) is 1. The number of phosphoric ester groups is 1. The van der Waals surface area contributed by atoms with Crippen LogP contribution in [-0.4, -0.2) is 69.2 Å². The number of hydrogen-bond donors (Lipinski definition) is 1. The lowest BCUT2D eigenvalue weighted by Gasteiger charge is -2.28. The Balaban J connectivity index is 3.75. The maximum absolute atomic E-state index is 12.0. The fraction of sp³-hybridized carbons (Fsp3) is 0.885. The lowest BCUT2D eigenvalue weighted by molar-refractivity contribution is -0.870. The van der Waals surface area contributed by atoms with Crippen LogP contribution in [0.5, 0.6) is 0 Å². The Bertz CT molecular complexity index is 593. The number of esters is 1. The van der Waals surface area contributed by atoms with Crippen molar-refractivity contribution in [3.63, 3.8) is 0 Å². The molecule has 0 aliphatic rings. The molecule has 9 heteroatoms. The first kappa shape index (κ1) is 34.2. The monoisotopic (exact) mass is 521 g/mol. The van der Waals surface area contributed by atoms with Gasteiger partial charge in [0.2, 0.25) is 0 Å². The Morgan fingerprint density at radius 2 is 1.46 bits per heavy atom. The smallest absolute Gasteiger partial charge is 0.306 e. The number of carbonyl (C=O) groups is 1. The SMILES string of the molecule is CCCCCCCC/C=C\CCCCCCCC(=O)OC(CO)COP(=O)([O-])OCC[N+](C)(C)C. The van der Waals surface area contributed by atoms with E-state index >= 15 is 0 Å². The van der Waals surface area contributed by atoms with Crippen molar-refractivity contribution in [1.29, 1.82) is 0 Å². The number of phosphoric acid groups is 1. The number of aliphatic hydroxyl groups is 1. The van der Waals surface area contributed by atoms with Crippen LogP contribution in [0.2, 0.25) is 0 Å². The minimum absolute atomic E-state index is 0.0106. The van der Waals surface area contributed by atoms with Crippen molar-refractivity contribution in [3.05, 3.63) is 12.2 Å². The lowest BCUT2D eigenvalue weighted by atomic mass is 10.1. The van der Waals surface area contributed by atoms with Gasteiger partial charge in [0.15, 0.2) is 0 Å². The largest absolute Gasteiger partial charge is 0.756 e. The van der Waals surface area contributed by atoms with E-state index in [2.05, 4.69) is 19.1 Å². The summed E-state index contributed by atoms with van der Waals surface area (Å²) in [6, 6.07) is 0. The molecule has 0 fully saturated rings. The Hall–Kier alpha value is -0.760. The van der Waals surface area contributed by atoms with Crippen LogP contribution in [0, 0.1) is 0 Å². The van der Waals surface area contributed by atoms with Gasteiger partial charge in [-0.15, -0.1) is 0 Å². The summed E-state index contributed by atoms with van der Waals surface area (Å²) in [4.78, 5) is 23.8. The van der Waals surface area contributed by atoms with E-state index in [4.69, 9.17) is 13.8 Å². The number of unbranched alkanes of at least 4 members (excludes halogenated alkanes) is 11. The highest BCUT2D eigenvalue weighted by Crippen LogP contribution is 2.38. The van der Waals surface area contributed by atoms with E-state index in [0.29, 0.717) is 17.4 Å². The fourth-order valence-corrected chi connectivity index (χ4v) is 4.08. The van der Waals surface area contributed by atoms with Crippen molar-refractivity contribution >= 4 is 13.8 Å². The average Bonchev–Trinajstić information content (AvgIpc) is 2.78. The molecule has 0 amide bonds. The number of carbonyl (C=O) groups excluding carboxylic acids is 1. The van der Waals surface area contributed by atoms with Gasteiger partial charge in [-0.3, -0.25) is 9.36 Å². The van der Waals surface area contributed by atoms with E-state index in [1.807, 2.05) is 21.1 Å². The van der Waals surface area contributed by atoms with E-state index in [0.717, 1.165) is 32.1 Å². The Morgan fingerprint density at radius 1 is 0.914 bits per heavy atom. The summed E-state index contributed by atoms with van der Waals surface area (Å²) in [7, 11) is 1.23. The molecule has 0 saturated heterocycles. The molecule has 0 radical (unpaired) electrons. The molecule has 0 spiro atoms. The standard InChI is InChI=1S/C26H52NO7P/c1-5-6-7-8-9-10-11-12-13-14-15-16-17-18-19-20-26(29)34-25(23-28)24-33-35(30,31)32-22-21-27(2,3)4/h12-13,25,28H,5-11,14-24H2,1-4H3/b13-12-. The molecule has 0 aromatic carbocycles. The van der Waals surface area contributed by atoms with Gasteiger partial charge >= 0.3 is 5.97 Å². The molecule has 8 nitrogen and oxygen atoms in total. The fourth-order valence-electron chi connectivity index (χ4n) is 3.35. The van der Waals surface area contributed by atoms with Gasteiger partial charge in [-0.2, -0.15) is 0 Å². The summed E-state index contributed by atoms with van der Waals surface area (Å²) in [6.45, 7) is 1.75. The molecule has 0 bridgehead atoms. The number of allylic oxidation sites excluding steroid dienone is 2. The van der Waals surface area contributed by atoms with Crippen molar-refractivity contribution in [2.24, 2.45) is 0 Å². The van der Waals surface area contributed by atoms with E-state index in [9.17, 15) is 19.4 Å². The van der Waals surface area contributed by atoms with Crippen molar-refractivity contribution in [3.8, 4) is 0 Å². The molecule has 35 heavy (non-hydrogen) atoms. The van der Waals surface area contributed by atoms with E-state index in [1.165, 1.54) is 44.9 Å². The second kappa shape index (κ2) is 21.3. The molecule has 2 unspecified atom stereocenters. The van der Waals surface area contributed by atoms with Crippen LogP contribution in [0.25, 0.3) is 0 Å². The van der Waals surface area contributed by atoms with Crippen molar-refractivity contribution in [2.45, 2.75) is 103 Å². The van der Waals surface area contributed by atoms with Gasteiger partial charge in [-0.25, -0.2) is 0 Å². The Labute approximate surface area is 214 Å². The molecule has 0 aliphatic heterocycles. The van der Waals surface area contributed by atoms with E-state index < -0.39 is 33.1 Å². The molecule has 0 saturated carbocycles. The Kier molecular flexibility index (Phi) is 20.9. The molecular weight excluding hydrogens is 469 g/mol. The summed E-state index contributed by atoms with van der Waals surface area (Å²) in [5.41, 5.74) is 0. The van der Waals surface area contributed by atoms with Crippen LogP contribution in [0.3, 0.4) is 0 Å². The number of rotatable bonds is 24. The van der Waals surface area contributed by atoms with Crippen LogP contribution in [-0.2, 0) is 23.1 Å². The summed E-state index contributed by atoms with van der Waals surface area (Å²) in [6.07, 6.45) is 19.1. The number of quaternary nitrogens is 1. The average molecular weight is 522 g/mol. The van der Waals surface area contributed by atoms with Gasteiger partial charge in [-0.05, 0) is 32.1 Å². The number of aliphatic hydroxyl groups excluding tert-OH is 1. The van der Waals surface area contributed by atoms with Crippen molar-refractivity contribution in [1.82, 2.24) is 0 Å². The first-order valence-corrected chi connectivity index (χ1v) is 14.9. The molecular formula is C26H52NO7P. The van der Waals surface area contributed by atoms with Gasteiger partial charge in [0, 0.05) is 6.42 Å². The van der Waals surface area contributed by atoms with Crippen LogP contribution in [0.15, 0.2) is 12.2 Å². The molecule has 208 valence electrons. The number of hydrogen-bond acceptors (Lipinski definition) is 7.